The summed E-state index contributed by atoms with van der Waals surface area (Å²) in [6, 6.07) is 5.45. The molecule has 0 unspecified atom stereocenters. The first-order chi connectivity index (χ1) is 7.84. The van der Waals surface area contributed by atoms with Gasteiger partial charge in [-0.15, -0.1) is 10.2 Å². The van der Waals surface area contributed by atoms with Crippen LogP contribution in [0.4, 0.5) is 5.95 Å². The van der Waals surface area contributed by atoms with E-state index in [1.165, 1.54) is 6.21 Å². The van der Waals surface area contributed by atoms with Crippen molar-refractivity contribution in [2.24, 2.45) is 5.10 Å². The van der Waals surface area contributed by atoms with Crippen LogP contribution in [0.15, 0.2) is 40.5 Å². The molecule has 2 heterocycles. The minimum atomic E-state index is -0.342. The van der Waals surface area contributed by atoms with E-state index in [0.29, 0.717) is 5.69 Å². The molecule has 2 rings (SSSR count). The molecule has 2 aromatic rings. The Labute approximate surface area is 90.3 Å². The third-order valence-electron chi connectivity index (χ3n) is 1.63. The zero-order valence-electron chi connectivity index (χ0n) is 8.16. The summed E-state index contributed by atoms with van der Waals surface area (Å²) < 4.78 is 0. The van der Waals surface area contributed by atoms with Gasteiger partial charge in [0, 0.05) is 6.20 Å². The molecule has 0 bridgehead atoms. The molecule has 0 saturated heterocycles. The van der Waals surface area contributed by atoms with Gasteiger partial charge in [0.25, 0.3) is 5.56 Å². The predicted octanol–water partition coefficient (Wildman–Crippen LogP) is 0.00590. The molecular weight excluding hydrogens is 208 g/mol. The molecule has 2 aromatic heterocycles. The topological polar surface area (TPSA) is 95.9 Å². The lowest BCUT2D eigenvalue weighted by Gasteiger charge is -1.95. The molecule has 0 aliphatic rings. The molecule has 7 heteroatoms. The number of rotatable bonds is 3. The van der Waals surface area contributed by atoms with Crippen molar-refractivity contribution in [1.29, 1.82) is 0 Å². The first-order valence-corrected chi connectivity index (χ1v) is 4.47. The Morgan fingerprint density at radius 1 is 1.44 bits per heavy atom. The molecular formula is C9H8N6O. The molecule has 0 aromatic carbocycles. The summed E-state index contributed by atoms with van der Waals surface area (Å²) in [5, 5.41) is 10.9. The number of pyridine rings is 1. The van der Waals surface area contributed by atoms with Crippen LogP contribution >= 0.6 is 0 Å². The fourth-order valence-electron chi connectivity index (χ4n) is 0.975. The van der Waals surface area contributed by atoms with Crippen molar-refractivity contribution in [2.75, 3.05) is 5.43 Å². The number of hydrogen-bond acceptors (Lipinski definition) is 6. The maximum atomic E-state index is 10.9. The van der Waals surface area contributed by atoms with Gasteiger partial charge in [-0.25, -0.2) is 5.43 Å². The Morgan fingerprint density at radius 3 is 3.12 bits per heavy atom. The van der Waals surface area contributed by atoms with E-state index < -0.39 is 0 Å². The maximum absolute atomic E-state index is 10.9. The highest BCUT2D eigenvalue weighted by Crippen LogP contribution is 1.91. The van der Waals surface area contributed by atoms with E-state index in [4.69, 9.17) is 0 Å². The van der Waals surface area contributed by atoms with Crippen molar-refractivity contribution in [1.82, 2.24) is 20.2 Å². The van der Waals surface area contributed by atoms with E-state index in [0.717, 1.165) is 6.20 Å². The second-order valence-electron chi connectivity index (χ2n) is 2.81. The summed E-state index contributed by atoms with van der Waals surface area (Å²) in [6.45, 7) is 0. The quantitative estimate of drug-likeness (QED) is 0.556. The largest absolute Gasteiger partial charge is 0.289 e. The number of anilines is 1. The second kappa shape index (κ2) is 4.78. The minimum absolute atomic E-state index is 0.180. The van der Waals surface area contributed by atoms with E-state index in [1.54, 1.807) is 12.3 Å². The zero-order valence-corrected chi connectivity index (χ0v) is 8.16. The van der Waals surface area contributed by atoms with Gasteiger partial charge >= 0.3 is 0 Å². The average Bonchev–Trinajstić information content (AvgIpc) is 2.30. The molecule has 0 aliphatic heterocycles. The monoisotopic (exact) mass is 216 g/mol. The summed E-state index contributed by atoms with van der Waals surface area (Å²) in [6.07, 6.45) is 4.24. The minimum Gasteiger partial charge on any atom is -0.289 e. The fourth-order valence-corrected chi connectivity index (χ4v) is 0.975. The number of hydrazone groups is 1. The van der Waals surface area contributed by atoms with Crippen LogP contribution in [0.1, 0.15) is 5.69 Å². The summed E-state index contributed by atoms with van der Waals surface area (Å²) in [7, 11) is 0. The van der Waals surface area contributed by atoms with Gasteiger partial charge in [-0.05, 0) is 12.1 Å². The lowest BCUT2D eigenvalue weighted by Crippen LogP contribution is -2.10. The normalized spacial score (nSPS) is 10.5. The Balaban J connectivity index is 2.03. The molecule has 80 valence electrons. The molecule has 0 spiro atoms. The van der Waals surface area contributed by atoms with Crippen molar-refractivity contribution in [3.63, 3.8) is 0 Å². The van der Waals surface area contributed by atoms with Crippen LogP contribution in [0.25, 0.3) is 0 Å². The van der Waals surface area contributed by atoms with E-state index in [1.807, 2.05) is 12.1 Å². The smallest absolute Gasteiger partial charge is 0.271 e. The van der Waals surface area contributed by atoms with Crippen LogP contribution in [-0.2, 0) is 0 Å². The Kier molecular flexibility index (Phi) is 2.98. The second-order valence-corrected chi connectivity index (χ2v) is 2.81. The summed E-state index contributed by atoms with van der Waals surface area (Å²) in [5.74, 6) is 0.180. The van der Waals surface area contributed by atoms with E-state index >= 15 is 0 Å². The highest BCUT2D eigenvalue weighted by Gasteiger charge is 1.91. The summed E-state index contributed by atoms with van der Waals surface area (Å²) in [4.78, 5) is 17.3. The number of nitrogens with zero attached hydrogens (tertiary/aromatic N) is 4. The Bertz CT molecular complexity index is 535. The number of nitrogens with one attached hydrogen (secondary N) is 2. The van der Waals surface area contributed by atoms with E-state index in [9.17, 15) is 4.79 Å². The molecule has 0 radical (unpaired) electrons. The van der Waals surface area contributed by atoms with Crippen molar-refractivity contribution >= 4 is 12.2 Å². The molecule has 0 saturated carbocycles. The van der Waals surface area contributed by atoms with Crippen LogP contribution in [0, 0.1) is 0 Å². The van der Waals surface area contributed by atoms with Crippen molar-refractivity contribution in [3.05, 3.63) is 46.6 Å². The first-order valence-electron chi connectivity index (χ1n) is 4.47. The van der Waals surface area contributed by atoms with Crippen LogP contribution in [0.2, 0.25) is 0 Å². The fraction of sp³-hybridized carbons (Fsp3) is 0. The number of aromatic amines is 1. The lowest BCUT2D eigenvalue weighted by atomic mass is 10.4. The van der Waals surface area contributed by atoms with Crippen LogP contribution < -0.4 is 11.0 Å². The number of aromatic nitrogens is 4. The molecule has 2 N–H and O–H groups in total. The van der Waals surface area contributed by atoms with Gasteiger partial charge in [-0.1, -0.05) is 6.07 Å². The van der Waals surface area contributed by atoms with Gasteiger partial charge < -0.3 is 0 Å². The highest BCUT2D eigenvalue weighted by molar-refractivity contribution is 5.77. The maximum Gasteiger partial charge on any atom is 0.271 e. The Hall–Kier alpha value is -2.57. The molecule has 7 nitrogen and oxygen atoms in total. The van der Waals surface area contributed by atoms with Crippen LogP contribution in [0.5, 0.6) is 0 Å². The summed E-state index contributed by atoms with van der Waals surface area (Å²) >= 11 is 0. The molecule has 0 atom stereocenters. The molecule has 0 fully saturated rings. The van der Waals surface area contributed by atoms with E-state index in [2.05, 4.69) is 30.7 Å². The van der Waals surface area contributed by atoms with Gasteiger partial charge in [0.05, 0.1) is 11.9 Å². The first kappa shape index (κ1) is 9.97. The van der Waals surface area contributed by atoms with Gasteiger partial charge in [0.1, 0.15) is 6.20 Å². The lowest BCUT2D eigenvalue weighted by molar-refractivity contribution is 0.939. The molecule has 0 amide bonds. The predicted molar refractivity (Wildman–Crippen MR) is 58.1 cm³/mol. The Morgan fingerprint density at radius 2 is 2.38 bits per heavy atom. The van der Waals surface area contributed by atoms with Gasteiger partial charge in [-0.2, -0.15) is 5.10 Å². The van der Waals surface area contributed by atoms with E-state index in [-0.39, 0.29) is 11.5 Å². The standard InChI is InChI=1S/C9H8N6O/c16-8-6-12-15-9(13-8)14-11-5-7-3-1-2-4-10-7/h1-6H,(H2,13,14,15,16). The summed E-state index contributed by atoms with van der Waals surface area (Å²) in [5.41, 5.74) is 2.89. The SMILES string of the molecule is O=c1cnnc(NN=Cc2ccccn2)[nH]1. The third-order valence-corrected chi connectivity index (χ3v) is 1.63. The molecule has 0 aliphatic carbocycles. The van der Waals surface area contributed by atoms with Gasteiger partial charge in [-0.3, -0.25) is 14.8 Å². The zero-order chi connectivity index (χ0) is 11.2. The molecule has 16 heavy (non-hydrogen) atoms. The van der Waals surface area contributed by atoms with Crippen LogP contribution in [0.3, 0.4) is 0 Å². The highest BCUT2D eigenvalue weighted by atomic mass is 16.1. The van der Waals surface area contributed by atoms with Crippen molar-refractivity contribution in [3.8, 4) is 0 Å². The van der Waals surface area contributed by atoms with Crippen molar-refractivity contribution < 1.29 is 0 Å². The van der Waals surface area contributed by atoms with Gasteiger partial charge in [0.2, 0.25) is 5.95 Å². The number of hydrogen-bond donors (Lipinski definition) is 2. The van der Waals surface area contributed by atoms with Crippen molar-refractivity contribution in [2.45, 2.75) is 0 Å². The average molecular weight is 216 g/mol. The van der Waals surface area contributed by atoms with Crippen LogP contribution in [-0.4, -0.2) is 26.4 Å². The van der Waals surface area contributed by atoms with Gasteiger partial charge in [0.15, 0.2) is 0 Å². The third kappa shape index (κ3) is 2.71. The number of H-pyrrole nitrogens is 1.